The van der Waals surface area contributed by atoms with Gasteiger partial charge in [0, 0.05) is 22.2 Å². The van der Waals surface area contributed by atoms with Gasteiger partial charge in [0.05, 0.1) is 11.2 Å². The summed E-state index contributed by atoms with van der Waals surface area (Å²) in [5, 5.41) is 4.84. The second kappa shape index (κ2) is 6.29. The Kier molecular flexibility index (Phi) is 3.84. The fourth-order valence-corrected chi connectivity index (χ4v) is 3.12. The van der Waals surface area contributed by atoms with Crippen LogP contribution in [0.4, 0.5) is 5.69 Å². The summed E-state index contributed by atoms with van der Waals surface area (Å²) in [4.78, 5) is 16.3. The fourth-order valence-electron chi connectivity index (χ4n) is 2.58. The number of amides is 1. The lowest BCUT2D eigenvalue weighted by molar-refractivity contribution is -0.110. The number of ether oxygens (including phenoxy) is 1. The number of rotatable bonds is 4. The molecule has 118 valence electrons. The van der Waals surface area contributed by atoms with Crippen LogP contribution in [0.5, 0.6) is 5.75 Å². The maximum atomic E-state index is 12.1. The third-order valence-electron chi connectivity index (χ3n) is 3.77. The second-order valence-electron chi connectivity index (χ2n) is 5.40. The van der Waals surface area contributed by atoms with Crippen LogP contribution in [0.1, 0.15) is 16.8 Å². The van der Waals surface area contributed by atoms with E-state index < -0.39 is 0 Å². The summed E-state index contributed by atoms with van der Waals surface area (Å²) in [7, 11) is 0. The van der Waals surface area contributed by atoms with Crippen LogP contribution >= 0.6 is 11.3 Å². The highest BCUT2D eigenvalue weighted by Gasteiger charge is 2.23. The molecule has 0 fully saturated rings. The molecule has 3 aromatic rings. The summed E-state index contributed by atoms with van der Waals surface area (Å²) in [6.45, 7) is 0.458. The van der Waals surface area contributed by atoms with Gasteiger partial charge in [0.15, 0.2) is 0 Å². The van der Waals surface area contributed by atoms with Gasteiger partial charge in [0.25, 0.3) is 5.91 Å². The molecule has 1 amide bonds. The number of fused-ring (bicyclic) bond motifs is 1. The molecule has 1 aliphatic rings. The summed E-state index contributed by atoms with van der Waals surface area (Å²) < 4.78 is 5.70. The third kappa shape index (κ3) is 2.94. The van der Waals surface area contributed by atoms with Gasteiger partial charge >= 0.3 is 0 Å². The van der Waals surface area contributed by atoms with Crippen molar-refractivity contribution in [3.05, 3.63) is 76.2 Å². The van der Waals surface area contributed by atoms with Gasteiger partial charge in [-0.15, -0.1) is 11.3 Å². The Hall–Kier alpha value is -2.92. The van der Waals surface area contributed by atoms with Crippen molar-refractivity contribution in [1.29, 1.82) is 0 Å². The highest BCUT2D eigenvalue weighted by molar-refractivity contribution is 7.07. The normalized spacial score (nSPS) is 14.5. The van der Waals surface area contributed by atoms with Gasteiger partial charge < -0.3 is 10.1 Å². The number of carbonyl (C=O) groups excluding carboxylic acids is 1. The molecule has 0 saturated carbocycles. The Labute approximate surface area is 143 Å². The van der Waals surface area contributed by atoms with E-state index in [1.165, 1.54) is 0 Å². The van der Waals surface area contributed by atoms with Gasteiger partial charge in [-0.05, 0) is 29.8 Å². The van der Waals surface area contributed by atoms with E-state index in [-0.39, 0.29) is 5.91 Å². The van der Waals surface area contributed by atoms with Crippen LogP contribution in [0.3, 0.4) is 0 Å². The van der Waals surface area contributed by atoms with Crippen LogP contribution in [0.15, 0.2) is 59.4 Å². The van der Waals surface area contributed by atoms with E-state index in [0.29, 0.717) is 12.2 Å². The fraction of sp³-hybridized carbons (Fsp3) is 0.0526. The summed E-state index contributed by atoms with van der Waals surface area (Å²) in [6.07, 6.45) is 1.89. The molecule has 0 aliphatic carbocycles. The maximum absolute atomic E-state index is 12.1. The minimum absolute atomic E-state index is 0.0694. The van der Waals surface area contributed by atoms with Crippen LogP contribution in [0.2, 0.25) is 0 Å². The number of aromatic nitrogens is 1. The highest BCUT2D eigenvalue weighted by atomic mass is 32.1. The lowest BCUT2D eigenvalue weighted by atomic mass is 10.0. The average molecular weight is 334 g/mol. The smallest absolute Gasteiger partial charge is 0.256 e. The molecule has 0 saturated heterocycles. The Morgan fingerprint density at radius 2 is 1.96 bits per heavy atom. The first-order valence-electron chi connectivity index (χ1n) is 7.52. The standard InChI is InChI=1S/C19H14N2O2S/c22-19-17(16-3-1-2-4-18(16)21-19)9-13-5-7-15(8-6-13)23-10-14-11-24-12-20-14/h1-9,11-12H,10H2,(H,21,22)/b17-9-. The summed E-state index contributed by atoms with van der Waals surface area (Å²) in [5.41, 5.74) is 6.15. The topological polar surface area (TPSA) is 51.2 Å². The first kappa shape index (κ1) is 14.7. The number of hydrogen-bond donors (Lipinski definition) is 1. The second-order valence-corrected chi connectivity index (χ2v) is 6.11. The number of para-hydroxylation sites is 1. The van der Waals surface area contributed by atoms with Crippen molar-refractivity contribution in [2.24, 2.45) is 0 Å². The highest BCUT2D eigenvalue weighted by Crippen LogP contribution is 2.32. The van der Waals surface area contributed by atoms with E-state index in [4.69, 9.17) is 4.74 Å². The van der Waals surface area contributed by atoms with Crippen molar-refractivity contribution in [3.8, 4) is 5.75 Å². The average Bonchev–Trinajstić information content (AvgIpc) is 3.23. The predicted octanol–water partition coefficient (Wildman–Crippen LogP) is 4.21. The molecule has 1 aliphatic heterocycles. The van der Waals surface area contributed by atoms with Gasteiger partial charge in [-0.3, -0.25) is 4.79 Å². The summed E-state index contributed by atoms with van der Waals surface area (Å²) >= 11 is 1.55. The lowest BCUT2D eigenvalue weighted by Gasteiger charge is -2.05. The van der Waals surface area contributed by atoms with E-state index in [1.807, 2.05) is 60.0 Å². The van der Waals surface area contributed by atoms with Crippen LogP contribution < -0.4 is 10.1 Å². The Bertz CT molecular complexity index is 899. The minimum Gasteiger partial charge on any atom is -0.487 e. The van der Waals surface area contributed by atoms with Gasteiger partial charge in [0.2, 0.25) is 0 Å². The molecular formula is C19H14N2O2S. The molecule has 4 nitrogen and oxygen atoms in total. The number of hydrogen-bond acceptors (Lipinski definition) is 4. The van der Waals surface area contributed by atoms with E-state index in [2.05, 4.69) is 10.3 Å². The maximum Gasteiger partial charge on any atom is 0.256 e. The minimum atomic E-state index is -0.0694. The molecule has 5 heteroatoms. The molecule has 2 heterocycles. The summed E-state index contributed by atoms with van der Waals surface area (Å²) in [5.74, 6) is 0.710. The van der Waals surface area contributed by atoms with E-state index in [1.54, 1.807) is 16.8 Å². The molecule has 0 atom stereocenters. The van der Waals surface area contributed by atoms with E-state index in [0.717, 1.165) is 28.3 Å². The van der Waals surface area contributed by atoms with Crippen molar-refractivity contribution in [2.75, 3.05) is 5.32 Å². The molecule has 24 heavy (non-hydrogen) atoms. The first-order chi connectivity index (χ1) is 11.8. The monoisotopic (exact) mass is 334 g/mol. The van der Waals surface area contributed by atoms with Crippen molar-refractivity contribution < 1.29 is 9.53 Å². The number of benzene rings is 2. The number of thiazole rings is 1. The predicted molar refractivity (Wildman–Crippen MR) is 95.8 cm³/mol. The number of carbonyl (C=O) groups is 1. The SMILES string of the molecule is O=C1Nc2ccccc2/C1=C/c1ccc(OCc2cscn2)cc1. The van der Waals surface area contributed by atoms with Gasteiger partial charge in [0.1, 0.15) is 12.4 Å². The van der Waals surface area contributed by atoms with Crippen molar-refractivity contribution in [2.45, 2.75) is 6.61 Å². The Balaban J connectivity index is 1.52. The first-order valence-corrected chi connectivity index (χ1v) is 8.46. The number of nitrogens with zero attached hydrogens (tertiary/aromatic N) is 1. The number of nitrogens with one attached hydrogen (secondary N) is 1. The van der Waals surface area contributed by atoms with Crippen LogP contribution in [0, 0.1) is 0 Å². The van der Waals surface area contributed by atoms with Crippen LogP contribution in [0.25, 0.3) is 11.6 Å². The summed E-state index contributed by atoms with van der Waals surface area (Å²) in [6, 6.07) is 15.4. The van der Waals surface area contributed by atoms with Crippen LogP contribution in [-0.2, 0) is 11.4 Å². The molecule has 1 aromatic heterocycles. The molecule has 4 rings (SSSR count). The Morgan fingerprint density at radius 1 is 1.12 bits per heavy atom. The molecule has 0 spiro atoms. The van der Waals surface area contributed by atoms with Crippen molar-refractivity contribution >= 4 is 34.6 Å². The zero-order valence-electron chi connectivity index (χ0n) is 12.7. The van der Waals surface area contributed by atoms with Crippen LogP contribution in [-0.4, -0.2) is 10.9 Å². The zero-order chi connectivity index (χ0) is 16.4. The van der Waals surface area contributed by atoms with Crippen molar-refractivity contribution in [1.82, 2.24) is 4.98 Å². The zero-order valence-corrected chi connectivity index (χ0v) is 13.5. The third-order valence-corrected chi connectivity index (χ3v) is 4.41. The van der Waals surface area contributed by atoms with Gasteiger partial charge in [-0.25, -0.2) is 4.98 Å². The molecule has 2 aromatic carbocycles. The largest absolute Gasteiger partial charge is 0.487 e. The molecule has 0 radical (unpaired) electrons. The Morgan fingerprint density at radius 3 is 2.75 bits per heavy atom. The molecule has 0 bridgehead atoms. The quantitative estimate of drug-likeness (QED) is 0.727. The molecule has 1 N–H and O–H groups in total. The lowest BCUT2D eigenvalue weighted by Crippen LogP contribution is -2.03. The van der Waals surface area contributed by atoms with E-state index in [9.17, 15) is 4.79 Å². The molecule has 0 unspecified atom stereocenters. The number of anilines is 1. The van der Waals surface area contributed by atoms with E-state index >= 15 is 0 Å². The van der Waals surface area contributed by atoms with Gasteiger partial charge in [-0.2, -0.15) is 0 Å². The molecular weight excluding hydrogens is 320 g/mol. The van der Waals surface area contributed by atoms with Crippen molar-refractivity contribution in [3.63, 3.8) is 0 Å². The van der Waals surface area contributed by atoms with Gasteiger partial charge in [-0.1, -0.05) is 30.3 Å².